The molecular formula is C24H23F3N2O3S. The number of alkyl halides is 3. The molecule has 174 valence electrons. The number of benzene rings is 2. The highest BCUT2D eigenvalue weighted by atomic mass is 32.2. The molecule has 0 spiro atoms. The molecule has 9 heteroatoms. The van der Waals surface area contributed by atoms with Gasteiger partial charge in [-0.1, -0.05) is 30.0 Å². The quantitative estimate of drug-likeness (QED) is 0.485. The maximum Gasteiger partial charge on any atom is 0.416 e. The number of nitrogens with zero attached hydrogens (tertiary/aromatic N) is 2. The van der Waals surface area contributed by atoms with E-state index in [1.54, 1.807) is 17.8 Å². The van der Waals surface area contributed by atoms with Crippen LogP contribution in [-0.4, -0.2) is 37.6 Å². The number of ether oxygens (including phenoxy) is 1. The summed E-state index contributed by atoms with van der Waals surface area (Å²) in [7, 11) is 0. The minimum absolute atomic E-state index is 0.0184. The van der Waals surface area contributed by atoms with E-state index in [2.05, 4.69) is 9.56 Å². The van der Waals surface area contributed by atoms with E-state index in [4.69, 9.17) is 4.74 Å². The Hall–Kier alpha value is -2.94. The predicted octanol–water partition coefficient (Wildman–Crippen LogP) is 5.85. The Morgan fingerprint density at radius 1 is 1.15 bits per heavy atom. The summed E-state index contributed by atoms with van der Waals surface area (Å²) in [6.07, 6.45) is -2.44. The summed E-state index contributed by atoms with van der Waals surface area (Å²) in [4.78, 5) is 16.1. The van der Waals surface area contributed by atoms with Crippen molar-refractivity contribution in [2.45, 2.75) is 50.4 Å². The topological polar surface area (TPSA) is 63.8 Å². The Labute approximate surface area is 193 Å². The van der Waals surface area contributed by atoms with Crippen molar-refractivity contribution in [3.05, 3.63) is 65.9 Å². The minimum Gasteiger partial charge on any atom is -0.478 e. The molecule has 2 heterocycles. The molecule has 0 saturated carbocycles. The highest BCUT2D eigenvalue weighted by Gasteiger charge is 2.32. The fraction of sp³-hybridized carbons (Fsp3) is 0.333. The summed E-state index contributed by atoms with van der Waals surface area (Å²) in [5.41, 5.74) is -0.463. The standard InChI is InChI=1S/C24H23F3N2O3S/c1-14-20(33-21(28-14)15-7-9-16(10-8-15)24(25,26)27)13-29-12-11-17-18(29)5-4-6-19(17)32-23(2,3)22(30)31/h4-12,14,20H,13H2,1-3H3,(H,30,31). The molecule has 3 aromatic rings. The van der Waals surface area contributed by atoms with Gasteiger partial charge in [-0.15, -0.1) is 0 Å². The third kappa shape index (κ3) is 4.73. The van der Waals surface area contributed by atoms with Gasteiger partial charge < -0.3 is 14.4 Å². The molecular weight excluding hydrogens is 453 g/mol. The molecule has 5 nitrogen and oxygen atoms in total. The van der Waals surface area contributed by atoms with Crippen LogP contribution in [0.25, 0.3) is 10.9 Å². The molecule has 4 rings (SSSR count). The number of thioether (sulfide) groups is 1. The predicted molar refractivity (Wildman–Crippen MR) is 123 cm³/mol. The van der Waals surface area contributed by atoms with Crippen molar-refractivity contribution in [2.24, 2.45) is 4.99 Å². The monoisotopic (exact) mass is 476 g/mol. The van der Waals surface area contributed by atoms with Crippen LogP contribution in [0.3, 0.4) is 0 Å². The number of hydrogen-bond donors (Lipinski definition) is 1. The van der Waals surface area contributed by atoms with Crippen molar-refractivity contribution in [1.29, 1.82) is 0 Å². The summed E-state index contributed by atoms with van der Waals surface area (Å²) in [5, 5.41) is 11.0. The Kier molecular flexibility index (Phi) is 5.94. The summed E-state index contributed by atoms with van der Waals surface area (Å²) < 4.78 is 46.4. The van der Waals surface area contributed by atoms with Crippen LogP contribution in [0.2, 0.25) is 0 Å². The first-order valence-corrected chi connectivity index (χ1v) is 11.3. The molecule has 1 aliphatic rings. The molecule has 0 bridgehead atoms. The van der Waals surface area contributed by atoms with Gasteiger partial charge in [0.2, 0.25) is 0 Å². The highest BCUT2D eigenvalue weighted by molar-refractivity contribution is 8.15. The van der Waals surface area contributed by atoms with E-state index in [0.29, 0.717) is 17.9 Å². The number of halogens is 3. The van der Waals surface area contributed by atoms with E-state index in [1.807, 2.05) is 31.3 Å². The lowest BCUT2D eigenvalue weighted by Gasteiger charge is -2.22. The summed E-state index contributed by atoms with van der Waals surface area (Å²) >= 11 is 1.55. The van der Waals surface area contributed by atoms with Crippen LogP contribution in [0.4, 0.5) is 13.2 Å². The second kappa shape index (κ2) is 8.44. The molecule has 2 aromatic carbocycles. The molecule has 0 fully saturated rings. The van der Waals surface area contributed by atoms with Crippen LogP contribution in [0.15, 0.2) is 59.7 Å². The third-order valence-electron chi connectivity index (χ3n) is 5.61. The second-order valence-corrected chi connectivity index (χ2v) is 9.71. The van der Waals surface area contributed by atoms with E-state index in [1.165, 1.54) is 26.0 Å². The number of carboxylic acid groups (broad SMARTS) is 1. The third-order valence-corrected chi connectivity index (χ3v) is 7.02. The molecule has 2 atom stereocenters. The lowest BCUT2D eigenvalue weighted by atomic mass is 10.1. The lowest BCUT2D eigenvalue weighted by molar-refractivity contribution is -0.152. The maximum atomic E-state index is 12.8. The van der Waals surface area contributed by atoms with Gasteiger partial charge in [0.25, 0.3) is 0 Å². The van der Waals surface area contributed by atoms with Gasteiger partial charge in [-0.3, -0.25) is 4.99 Å². The second-order valence-electron chi connectivity index (χ2n) is 8.48. The van der Waals surface area contributed by atoms with E-state index < -0.39 is 23.3 Å². The van der Waals surface area contributed by atoms with Crippen LogP contribution in [0, 0.1) is 0 Å². The van der Waals surface area contributed by atoms with Crippen molar-refractivity contribution in [1.82, 2.24) is 4.57 Å². The highest BCUT2D eigenvalue weighted by Crippen LogP contribution is 2.35. The number of aliphatic imine (C=N–C) groups is 1. The Bertz CT molecular complexity index is 1220. The zero-order valence-corrected chi connectivity index (χ0v) is 19.1. The van der Waals surface area contributed by atoms with E-state index in [9.17, 15) is 23.1 Å². The van der Waals surface area contributed by atoms with Crippen molar-refractivity contribution in [3.8, 4) is 5.75 Å². The van der Waals surface area contributed by atoms with Crippen LogP contribution >= 0.6 is 11.8 Å². The molecule has 1 N–H and O–H groups in total. The first-order valence-electron chi connectivity index (χ1n) is 10.4. The largest absolute Gasteiger partial charge is 0.478 e. The Balaban J connectivity index is 1.52. The number of hydrogen-bond acceptors (Lipinski definition) is 4. The number of carbonyl (C=O) groups is 1. The summed E-state index contributed by atoms with van der Waals surface area (Å²) in [6, 6.07) is 12.5. The lowest BCUT2D eigenvalue weighted by Crippen LogP contribution is -2.37. The van der Waals surface area contributed by atoms with Crippen LogP contribution in [0.5, 0.6) is 5.75 Å². The van der Waals surface area contributed by atoms with Crippen LogP contribution in [0.1, 0.15) is 31.9 Å². The molecule has 0 saturated heterocycles. The number of aliphatic carboxylic acids is 1. The molecule has 33 heavy (non-hydrogen) atoms. The van der Waals surface area contributed by atoms with Gasteiger partial charge in [-0.05, 0) is 51.1 Å². The fourth-order valence-electron chi connectivity index (χ4n) is 3.63. The van der Waals surface area contributed by atoms with Gasteiger partial charge in [0.05, 0.1) is 27.4 Å². The van der Waals surface area contributed by atoms with Gasteiger partial charge in [0, 0.05) is 23.7 Å². The summed E-state index contributed by atoms with van der Waals surface area (Å²) in [5.74, 6) is -0.560. The molecule has 0 aliphatic carbocycles. The van der Waals surface area contributed by atoms with Crippen molar-refractivity contribution in [2.75, 3.05) is 0 Å². The van der Waals surface area contributed by atoms with Crippen molar-refractivity contribution >= 4 is 33.7 Å². The number of rotatable bonds is 6. The van der Waals surface area contributed by atoms with Gasteiger partial charge in [-0.25, -0.2) is 4.79 Å². The molecule has 1 aliphatic heterocycles. The van der Waals surface area contributed by atoms with Crippen molar-refractivity contribution in [3.63, 3.8) is 0 Å². The zero-order valence-electron chi connectivity index (χ0n) is 18.3. The van der Waals surface area contributed by atoms with Crippen molar-refractivity contribution < 1.29 is 27.8 Å². The zero-order chi connectivity index (χ0) is 24.0. The average Bonchev–Trinajstić information content (AvgIpc) is 3.32. The SMILES string of the molecule is CC1N=C(c2ccc(C(F)(F)F)cc2)SC1Cn1ccc2c(OC(C)(C)C(=O)O)cccc21. The van der Waals surface area contributed by atoms with Gasteiger partial charge >= 0.3 is 12.1 Å². The number of carboxylic acids is 1. The summed E-state index contributed by atoms with van der Waals surface area (Å²) in [6.45, 7) is 5.63. The number of fused-ring (bicyclic) bond motifs is 1. The fourth-order valence-corrected chi connectivity index (χ4v) is 4.91. The Morgan fingerprint density at radius 3 is 2.48 bits per heavy atom. The molecule has 0 radical (unpaired) electrons. The Morgan fingerprint density at radius 2 is 1.85 bits per heavy atom. The molecule has 2 unspecified atom stereocenters. The number of aromatic nitrogens is 1. The first kappa shape index (κ1) is 23.2. The normalized spacial score (nSPS) is 19.0. The van der Waals surface area contributed by atoms with Crippen LogP contribution in [-0.2, 0) is 17.5 Å². The maximum absolute atomic E-state index is 12.8. The van der Waals surface area contributed by atoms with E-state index >= 15 is 0 Å². The van der Waals surface area contributed by atoms with Crippen LogP contribution < -0.4 is 4.74 Å². The minimum atomic E-state index is -4.36. The first-order chi connectivity index (χ1) is 15.5. The molecule has 1 aromatic heterocycles. The van der Waals surface area contributed by atoms with Gasteiger partial charge in [0.1, 0.15) is 5.75 Å². The molecule has 0 amide bonds. The smallest absolute Gasteiger partial charge is 0.416 e. The average molecular weight is 477 g/mol. The van der Waals surface area contributed by atoms with Gasteiger partial charge in [-0.2, -0.15) is 13.2 Å². The van der Waals surface area contributed by atoms with Gasteiger partial charge in [0.15, 0.2) is 5.60 Å². The van der Waals surface area contributed by atoms with E-state index in [0.717, 1.165) is 28.1 Å². The van der Waals surface area contributed by atoms with E-state index in [-0.39, 0.29) is 11.3 Å².